The molecule has 6 nitrogen and oxygen atoms in total. The van der Waals surface area contributed by atoms with E-state index in [-0.39, 0.29) is 11.2 Å². The first-order valence-electron chi connectivity index (χ1n) is 9.01. The Labute approximate surface area is 174 Å². The second-order valence-electron chi connectivity index (χ2n) is 6.62. The van der Waals surface area contributed by atoms with Crippen LogP contribution in [0.25, 0.3) is 20.9 Å². The number of hydrogen-bond acceptors (Lipinski definition) is 7. The number of para-hydroxylation sites is 1. The fraction of sp³-hybridized carbons (Fsp3) is 0.263. The molecule has 0 spiro atoms. The van der Waals surface area contributed by atoms with Crippen molar-refractivity contribution < 1.29 is 4.79 Å². The van der Waals surface area contributed by atoms with E-state index in [9.17, 15) is 4.79 Å². The predicted molar refractivity (Wildman–Crippen MR) is 115 cm³/mol. The second-order valence-corrected chi connectivity index (χ2v) is 9.91. The number of amides is 1. The fourth-order valence-electron chi connectivity index (χ4n) is 2.94. The summed E-state index contributed by atoms with van der Waals surface area (Å²) in [5.74, 6) is 0.825. The molecule has 1 amide bonds. The molecule has 0 radical (unpaired) electrons. The SMILES string of the molecule is CC(Sc1nnc(-c2cccs2)n1C1CC1)C(=O)Nc1nc2ccccc2s1. The lowest BCUT2D eigenvalue weighted by molar-refractivity contribution is -0.115. The molecule has 0 saturated heterocycles. The standard InChI is InChI=1S/C19H17N5OS3/c1-11(17(25)21-18-20-13-5-2-3-6-14(13)28-18)27-19-23-22-16(15-7-4-10-26-15)24(19)12-8-9-12/h2-7,10-12H,8-9H2,1H3,(H,20,21,25). The summed E-state index contributed by atoms with van der Waals surface area (Å²) < 4.78 is 3.25. The number of thioether (sulfide) groups is 1. The number of fused-ring (bicyclic) bond motifs is 1. The molecule has 9 heteroatoms. The molecule has 0 bridgehead atoms. The van der Waals surface area contributed by atoms with E-state index in [1.807, 2.05) is 42.6 Å². The molecule has 3 aromatic heterocycles. The Morgan fingerprint density at radius 3 is 2.86 bits per heavy atom. The van der Waals surface area contributed by atoms with Crippen molar-refractivity contribution in [1.29, 1.82) is 0 Å². The van der Waals surface area contributed by atoms with Crippen LogP contribution in [0, 0.1) is 0 Å². The lowest BCUT2D eigenvalue weighted by Crippen LogP contribution is -2.22. The van der Waals surface area contributed by atoms with Crippen LogP contribution in [0.3, 0.4) is 0 Å². The second kappa shape index (κ2) is 7.31. The molecular formula is C19H17N5OS3. The van der Waals surface area contributed by atoms with Gasteiger partial charge in [0.05, 0.1) is 20.3 Å². The molecule has 1 aromatic carbocycles. The van der Waals surface area contributed by atoms with Gasteiger partial charge in [0.1, 0.15) is 0 Å². The van der Waals surface area contributed by atoms with Crippen LogP contribution in [0.15, 0.2) is 46.9 Å². The van der Waals surface area contributed by atoms with Crippen LogP contribution in [0.2, 0.25) is 0 Å². The molecule has 1 aliphatic carbocycles. The van der Waals surface area contributed by atoms with Gasteiger partial charge in [0.2, 0.25) is 5.91 Å². The van der Waals surface area contributed by atoms with Crippen molar-refractivity contribution >= 4 is 55.7 Å². The highest BCUT2D eigenvalue weighted by molar-refractivity contribution is 8.00. The average Bonchev–Trinajstić information content (AvgIpc) is 3.10. The molecular weight excluding hydrogens is 410 g/mol. The van der Waals surface area contributed by atoms with Crippen LogP contribution in [0.1, 0.15) is 25.8 Å². The van der Waals surface area contributed by atoms with Crippen molar-refractivity contribution in [2.45, 2.75) is 36.2 Å². The van der Waals surface area contributed by atoms with Gasteiger partial charge in [-0.1, -0.05) is 41.3 Å². The number of benzene rings is 1. The molecule has 4 aromatic rings. The maximum absolute atomic E-state index is 12.7. The number of aromatic nitrogens is 4. The number of hydrogen-bond donors (Lipinski definition) is 1. The van der Waals surface area contributed by atoms with E-state index in [1.54, 1.807) is 11.3 Å². The zero-order valence-electron chi connectivity index (χ0n) is 15.0. The molecule has 1 unspecified atom stereocenters. The minimum atomic E-state index is -0.301. The van der Waals surface area contributed by atoms with Crippen LogP contribution in [0.5, 0.6) is 0 Å². The lowest BCUT2D eigenvalue weighted by atomic mass is 10.3. The third kappa shape index (κ3) is 3.45. The molecule has 0 aliphatic heterocycles. The summed E-state index contributed by atoms with van der Waals surface area (Å²) in [4.78, 5) is 18.3. The zero-order valence-corrected chi connectivity index (χ0v) is 17.5. The topological polar surface area (TPSA) is 72.7 Å². The van der Waals surface area contributed by atoms with Crippen LogP contribution < -0.4 is 5.32 Å². The molecule has 1 atom stereocenters. The molecule has 1 fully saturated rings. The molecule has 5 rings (SSSR count). The molecule has 142 valence electrons. The minimum Gasteiger partial charge on any atom is -0.301 e. The first-order valence-corrected chi connectivity index (χ1v) is 11.6. The quantitative estimate of drug-likeness (QED) is 0.435. The average molecular weight is 428 g/mol. The fourth-order valence-corrected chi connectivity index (χ4v) is 5.43. The Balaban J connectivity index is 1.33. The van der Waals surface area contributed by atoms with Gasteiger partial charge in [-0.3, -0.25) is 9.36 Å². The van der Waals surface area contributed by atoms with Gasteiger partial charge in [-0.25, -0.2) is 4.98 Å². The number of nitrogens with zero attached hydrogens (tertiary/aromatic N) is 4. The van der Waals surface area contributed by atoms with Crippen molar-refractivity contribution in [2.75, 3.05) is 5.32 Å². The van der Waals surface area contributed by atoms with E-state index >= 15 is 0 Å². The van der Waals surface area contributed by atoms with Gasteiger partial charge in [0.15, 0.2) is 16.1 Å². The van der Waals surface area contributed by atoms with Gasteiger partial charge < -0.3 is 5.32 Å². The highest BCUT2D eigenvalue weighted by Crippen LogP contribution is 2.42. The summed E-state index contributed by atoms with van der Waals surface area (Å²) in [5.41, 5.74) is 0.900. The van der Waals surface area contributed by atoms with Crippen LogP contribution in [-0.2, 0) is 4.79 Å². The number of carbonyl (C=O) groups is 1. The van der Waals surface area contributed by atoms with Gasteiger partial charge in [0.25, 0.3) is 0 Å². The molecule has 3 heterocycles. The van der Waals surface area contributed by atoms with Crippen LogP contribution in [0.4, 0.5) is 5.13 Å². The number of anilines is 1. The van der Waals surface area contributed by atoms with E-state index in [0.717, 1.165) is 38.9 Å². The molecule has 28 heavy (non-hydrogen) atoms. The summed E-state index contributed by atoms with van der Waals surface area (Å²) in [7, 11) is 0. The molecule has 1 aliphatic rings. The van der Waals surface area contributed by atoms with Gasteiger partial charge in [0, 0.05) is 6.04 Å². The van der Waals surface area contributed by atoms with Gasteiger partial charge in [-0.15, -0.1) is 21.5 Å². The number of rotatable bonds is 6. The van der Waals surface area contributed by atoms with E-state index < -0.39 is 0 Å². The van der Waals surface area contributed by atoms with Crippen molar-refractivity contribution in [3.05, 3.63) is 41.8 Å². The predicted octanol–water partition coefficient (Wildman–Crippen LogP) is 5.07. The Bertz CT molecular complexity index is 1100. The summed E-state index contributed by atoms with van der Waals surface area (Å²) in [6.07, 6.45) is 2.27. The Morgan fingerprint density at radius 2 is 2.11 bits per heavy atom. The minimum absolute atomic E-state index is 0.0768. The normalized spacial score (nSPS) is 15.0. The monoisotopic (exact) mass is 427 g/mol. The highest BCUT2D eigenvalue weighted by atomic mass is 32.2. The Morgan fingerprint density at radius 1 is 1.25 bits per heavy atom. The van der Waals surface area contributed by atoms with E-state index in [4.69, 9.17) is 0 Å². The van der Waals surface area contributed by atoms with Crippen LogP contribution in [-0.4, -0.2) is 30.9 Å². The molecule has 1 saturated carbocycles. The number of carbonyl (C=O) groups excluding carboxylic acids is 1. The summed E-state index contributed by atoms with van der Waals surface area (Å²) in [6.45, 7) is 1.89. The smallest absolute Gasteiger partial charge is 0.239 e. The first kappa shape index (κ1) is 17.8. The van der Waals surface area contributed by atoms with Gasteiger partial charge in [-0.05, 0) is 43.3 Å². The Kier molecular flexibility index (Phi) is 4.65. The highest BCUT2D eigenvalue weighted by Gasteiger charge is 2.31. The van der Waals surface area contributed by atoms with Crippen molar-refractivity contribution in [1.82, 2.24) is 19.7 Å². The third-order valence-corrected chi connectivity index (χ3v) is 7.37. The van der Waals surface area contributed by atoms with E-state index in [2.05, 4.69) is 31.1 Å². The van der Waals surface area contributed by atoms with Gasteiger partial charge >= 0.3 is 0 Å². The number of thiophene rings is 1. The largest absolute Gasteiger partial charge is 0.301 e. The maximum atomic E-state index is 12.7. The van der Waals surface area contributed by atoms with E-state index in [0.29, 0.717) is 11.2 Å². The van der Waals surface area contributed by atoms with Crippen LogP contribution >= 0.6 is 34.4 Å². The van der Waals surface area contributed by atoms with Gasteiger partial charge in [-0.2, -0.15) is 0 Å². The Hall–Kier alpha value is -2.23. The first-order chi connectivity index (χ1) is 13.7. The van der Waals surface area contributed by atoms with E-state index in [1.165, 1.54) is 23.1 Å². The van der Waals surface area contributed by atoms with Crippen molar-refractivity contribution in [3.8, 4) is 10.7 Å². The lowest BCUT2D eigenvalue weighted by Gasteiger charge is -2.12. The molecule has 1 N–H and O–H groups in total. The van der Waals surface area contributed by atoms with Crippen molar-refractivity contribution in [3.63, 3.8) is 0 Å². The van der Waals surface area contributed by atoms with Crippen molar-refractivity contribution in [2.24, 2.45) is 0 Å². The summed E-state index contributed by atoms with van der Waals surface area (Å²) in [5, 5.41) is 14.9. The number of nitrogens with one attached hydrogen (secondary N) is 1. The number of thiazole rings is 1. The summed E-state index contributed by atoms with van der Waals surface area (Å²) in [6, 6.07) is 12.4. The maximum Gasteiger partial charge on any atom is 0.239 e. The third-order valence-electron chi connectivity index (χ3n) is 4.49. The summed E-state index contributed by atoms with van der Waals surface area (Å²) >= 11 is 4.59. The zero-order chi connectivity index (χ0) is 19.1.